The van der Waals surface area contributed by atoms with E-state index in [9.17, 15) is 0 Å². The number of aliphatic hydroxyl groups is 1. The van der Waals surface area contributed by atoms with Crippen LogP contribution in [0.3, 0.4) is 0 Å². The molecule has 0 spiro atoms. The van der Waals surface area contributed by atoms with E-state index in [4.69, 9.17) is 5.11 Å². The zero-order chi connectivity index (χ0) is 8.69. The Morgan fingerprint density at radius 3 is 2.55 bits per heavy atom. The van der Waals surface area contributed by atoms with Crippen LogP contribution in [0, 0.1) is 0 Å². The summed E-state index contributed by atoms with van der Waals surface area (Å²) in [5, 5.41) is 12.8. The summed E-state index contributed by atoms with van der Waals surface area (Å²) in [5.41, 5.74) is 0. The third-order valence-corrected chi connectivity index (χ3v) is 2.61. The second-order valence-electron chi connectivity index (χ2n) is 2.89. The Balaban J connectivity index is 3.01. The van der Waals surface area contributed by atoms with Crippen molar-refractivity contribution >= 4 is 11.8 Å². The highest BCUT2D eigenvalue weighted by Crippen LogP contribution is 2.07. The number of rotatable bonds is 6. The summed E-state index contributed by atoms with van der Waals surface area (Å²) in [4.78, 5) is 0. The summed E-state index contributed by atoms with van der Waals surface area (Å²) >= 11 is 1.88. The van der Waals surface area contributed by atoms with Crippen LogP contribution in [-0.4, -0.2) is 35.8 Å². The summed E-state index contributed by atoms with van der Waals surface area (Å²) in [5.74, 6) is 0. The quantitative estimate of drug-likeness (QED) is 0.596. The number of aliphatic hydroxyl groups excluding tert-OH is 1. The second kappa shape index (κ2) is 6.95. The lowest BCUT2D eigenvalue weighted by atomic mass is 10.3. The molecule has 0 saturated heterocycles. The fourth-order valence-corrected chi connectivity index (χ4v) is 1.09. The van der Waals surface area contributed by atoms with Gasteiger partial charge in [0.25, 0.3) is 0 Å². The van der Waals surface area contributed by atoms with Gasteiger partial charge in [-0.2, -0.15) is 11.8 Å². The molecular formula is C8H19NOS. The molecule has 11 heavy (non-hydrogen) atoms. The molecule has 0 rings (SSSR count). The molecule has 0 bridgehead atoms. The van der Waals surface area contributed by atoms with Crippen LogP contribution in [0.4, 0.5) is 0 Å². The largest absolute Gasteiger partial charge is 0.392 e. The fraction of sp³-hybridized carbons (Fsp3) is 1.00. The van der Waals surface area contributed by atoms with Gasteiger partial charge in [-0.3, -0.25) is 0 Å². The molecular weight excluding hydrogens is 158 g/mol. The Hall–Kier alpha value is 0.270. The lowest BCUT2D eigenvalue weighted by Crippen LogP contribution is -2.26. The molecule has 2 nitrogen and oxygen atoms in total. The van der Waals surface area contributed by atoms with Crippen molar-refractivity contribution in [3.05, 3.63) is 0 Å². The second-order valence-corrected chi connectivity index (χ2v) is 4.16. The van der Waals surface area contributed by atoms with Gasteiger partial charge in [0.1, 0.15) is 0 Å². The first-order chi connectivity index (χ1) is 5.16. The topological polar surface area (TPSA) is 32.3 Å². The smallest absolute Gasteiger partial charge is 0.0636 e. The molecule has 1 unspecified atom stereocenters. The Labute approximate surface area is 73.8 Å². The summed E-state index contributed by atoms with van der Waals surface area (Å²) in [6.45, 7) is 5.73. The summed E-state index contributed by atoms with van der Waals surface area (Å²) in [7, 11) is 0. The van der Waals surface area contributed by atoms with E-state index in [1.165, 1.54) is 6.42 Å². The van der Waals surface area contributed by atoms with Crippen molar-refractivity contribution in [2.45, 2.75) is 31.6 Å². The third-order valence-electron chi connectivity index (χ3n) is 1.57. The lowest BCUT2D eigenvalue weighted by Gasteiger charge is -2.09. The van der Waals surface area contributed by atoms with Crippen molar-refractivity contribution in [1.82, 2.24) is 5.32 Å². The average Bonchev–Trinajstić information content (AvgIpc) is 1.97. The maximum atomic E-state index is 8.91. The number of hydrogen-bond acceptors (Lipinski definition) is 3. The maximum absolute atomic E-state index is 8.91. The molecule has 0 aliphatic heterocycles. The Kier molecular flexibility index (Phi) is 7.12. The Morgan fingerprint density at radius 1 is 1.45 bits per heavy atom. The van der Waals surface area contributed by atoms with E-state index < -0.39 is 0 Å². The van der Waals surface area contributed by atoms with Crippen LogP contribution in [0.15, 0.2) is 0 Å². The van der Waals surface area contributed by atoms with E-state index in [1.807, 2.05) is 11.8 Å². The molecule has 68 valence electrons. The molecule has 0 radical (unpaired) electrons. The SMILES string of the molecule is CSC(C)CCNC[C@H](C)O. The van der Waals surface area contributed by atoms with Gasteiger partial charge in [0.15, 0.2) is 0 Å². The van der Waals surface area contributed by atoms with Crippen LogP contribution in [0.25, 0.3) is 0 Å². The van der Waals surface area contributed by atoms with Gasteiger partial charge in [-0.15, -0.1) is 0 Å². The highest BCUT2D eigenvalue weighted by atomic mass is 32.2. The van der Waals surface area contributed by atoms with Crippen molar-refractivity contribution in [2.24, 2.45) is 0 Å². The minimum absolute atomic E-state index is 0.223. The highest BCUT2D eigenvalue weighted by Gasteiger charge is 1.98. The van der Waals surface area contributed by atoms with Crippen LogP contribution >= 0.6 is 11.8 Å². The monoisotopic (exact) mass is 177 g/mol. The van der Waals surface area contributed by atoms with E-state index in [-0.39, 0.29) is 6.10 Å². The van der Waals surface area contributed by atoms with Gasteiger partial charge in [-0.1, -0.05) is 6.92 Å². The van der Waals surface area contributed by atoms with Crippen LogP contribution in [0.5, 0.6) is 0 Å². The van der Waals surface area contributed by atoms with Gasteiger partial charge in [0.05, 0.1) is 6.10 Å². The first-order valence-corrected chi connectivity index (χ1v) is 5.37. The fourth-order valence-electron chi connectivity index (χ4n) is 0.734. The van der Waals surface area contributed by atoms with Crippen molar-refractivity contribution < 1.29 is 5.11 Å². The molecule has 0 saturated carbocycles. The van der Waals surface area contributed by atoms with E-state index in [0.717, 1.165) is 11.8 Å². The zero-order valence-corrected chi connectivity index (χ0v) is 8.45. The van der Waals surface area contributed by atoms with Crippen LogP contribution < -0.4 is 5.32 Å². The molecule has 0 amide bonds. The van der Waals surface area contributed by atoms with Gasteiger partial charge in [-0.05, 0) is 26.1 Å². The molecule has 2 N–H and O–H groups in total. The van der Waals surface area contributed by atoms with Crippen molar-refractivity contribution in [3.63, 3.8) is 0 Å². The molecule has 0 fully saturated rings. The third kappa shape index (κ3) is 8.17. The van der Waals surface area contributed by atoms with Gasteiger partial charge in [0, 0.05) is 11.8 Å². The van der Waals surface area contributed by atoms with E-state index in [1.54, 1.807) is 6.92 Å². The lowest BCUT2D eigenvalue weighted by molar-refractivity contribution is 0.191. The molecule has 2 atom stereocenters. The van der Waals surface area contributed by atoms with Crippen molar-refractivity contribution in [3.8, 4) is 0 Å². The minimum Gasteiger partial charge on any atom is -0.392 e. The first-order valence-electron chi connectivity index (χ1n) is 4.08. The zero-order valence-electron chi connectivity index (χ0n) is 7.63. The molecule has 3 heteroatoms. The standard InChI is InChI=1S/C8H19NOS/c1-7(10)6-9-5-4-8(2)11-3/h7-10H,4-6H2,1-3H3/t7-,8?/m0/s1. The molecule has 0 aromatic heterocycles. The van der Waals surface area contributed by atoms with E-state index >= 15 is 0 Å². The highest BCUT2D eigenvalue weighted by molar-refractivity contribution is 7.99. The van der Waals surface area contributed by atoms with E-state index in [0.29, 0.717) is 6.54 Å². The van der Waals surface area contributed by atoms with Crippen LogP contribution in [0.2, 0.25) is 0 Å². The summed E-state index contributed by atoms with van der Waals surface area (Å²) in [6.07, 6.45) is 3.08. The molecule has 0 heterocycles. The normalized spacial score (nSPS) is 16.4. The van der Waals surface area contributed by atoms with Gasteiger partial charge in [-0.25, -0.2) is 0 Å². The van der Waals surface area contributed by atoms with Gasteiger partial charge >= 0.3 is 0 Å². The van der Waals surface area contributed by atoms with Crippen LogP contribution in [-0.2, 0) is 0 Å². The average molecular weight is 177 g/mol. The van der Waals surface area contributed by atoms with Gasteiger partial charge in [0.2, 0.25) is 0 Å². The maximum Gasteiger partial charge on any atom is 0.0636 e. The van der Waals surface area contributed by atoms with Crippen molar-refractivity contribution in [2.75, 3.05) is 19.3 Å². The van der Waals surface area contributed by atoms with Gasteiger partial charge < -0.3 is 10.4 Å². The predicted molar refractivity (Wildman–Crippen MR) is 52.1 cm³/mol. The summed E-state index contributed by atoms with van der Waals surface area (Å²) in [6, 6.07) is 0. The molecule has 0 aliphatic rings. The first kappa shape index (κ1) is 11.3. The van der Waals surface area contributed by atoms with E-state index in [2.05, 4.69) is 18.5 Å². The number of thioether (sulfide) groups is 1. The Bertz CT molecular complexity index is 88.2. The number of hydrogen-bond donors (Lipinski definition) is 2. The molecule has 0 aromatic rings. The molecule has 0 aliphatic carbocycles. The minimum atomic E-state index is -0.223. The van der Waals surface area contributed by atoms with Crippen molar-refractivity contribution in [1.29, 1.82) is 0 Å². The number of nitrogens with one attached hydrogen (secondary N) is 1. The summed E-state index contributed by atoms with van der Waals surface area (Å²) < 4.78 is 0. The predicted octanol–water partition coefficient (Wildman–Crippen LogP) is 1.10. The Morgan fingerprint density at radius 2 is 2.09 bits per heavy atom. The molecule has 0 aromatic carbocycles. The van der Waals surface area contributed by atoms with Crippen LogP contribution in [0.1, 0.15) is 20.3 Å².